The monoisotopic (exact) mass is 259 g/mol. The van der Waals surface area contributed by atoms with Gasteiger partial charge in [-0.05, 0) is 6.92 Å². The van der Waals surface area contributed by atoms with Crippen LogP contribution in [0.3, 0.4) is 0 Å². The molecular formula is C12H9N3O2S. The minimum atomic E-state index is -1.04. The molecule has 0 spiro atoms. The number of fused-ring (bicyclic) bond motifs is 1. The Kier molecular flexibility index (Phi) is 2.38. The topological polar surface area (TPSA) is 67.5 Å². The van der Waals surface area contributed by atoms with Crippen molar-refractivity contribution < 1.29 is 9.90 Å². The number of carboxylic acid groups (broad SMARTS) is 1. The fraction of sp³-hybridized carbons (Fsp3) is 0.0833. The summed E-state index contributed by atoms with van der Waals surface area (Å²) in [5.74, 6) is -1.04. The Morgan fingerprint density at radius 1 is 1.33 bits per heavy atom. The van der Waals surface area contributed by atoms with E-state index in [-0.39, 0.29) is 5.69 Å². The molecule has 0 aliphatic carbocycles. The first-order chi connectivity index (χ1) is 8.63. The average molecular weight is 259 g/mol. The van der Waals surface area contributed by atoms with Crippen molar-refractivity contribution in [1.82, 2.24) is 14.6 Å². The quantitative estimate of drug-likeness (QED) is 0.767. The van der Waals surface area contributed by atoms with E-state index in [2.05, 4.69) is 10.1 Å². The molecule has 0 saturated heterocycles. The van der Waals surface area contributed by atoms with Crippen molar-refractivity contribution in [1.29, 1.82) is 0 Å². The van der Waals surface area contributed by atoms with Crippen molar-refractivity contribution in [2.75, 3.05) is 0 Å². The Bertz CT molecular complexity index is 696. The molecule has 0 unspecified atom stereocenters. The molecule has 1 aromatic carbocycles. The second-order valence-corrected chi connectivity index (χ2v) is 4.89. The van der Waals surface area contributed by atoms with Crippen LogP contribution in [0, 0.1) is 6.92 Å². The predicted molar refractivity (Wildman–Crippen MR) is 68.0 cm³/mol. The molecule has 5 nitrogen and oxygen atoms in total. The van der Waals surface area contributed by atoms with Gasteiger partial charge in [0.15, 0.2) is 5.69 Å². The SMILES string of the molecule is Cc1ccc(-c2nn3cc(C(=O)O)nc3s2)cc1. The van der Waals surface area contributed by atoms with Crippen molar-refractivity contribution in [3.63, 3.8) is 0 Å². The zero-order valence-electron chi connectivity index (χ0n) is 9.49. The highest BCUT2D eigenvalue weighted by atomic mass is 32.1. The number of imidazole rings is 1. The van der Waals surface area contributed by atoms with E-state index in [0.717, 1.165) is 10.6 Å². The van der Waals surface area contributed by atoms with Crippen molar-refractivity contribution >= 4 is 22.3 Å². The first-order valence-electron chi connectivity index (χ1n) is 5.30. The number of aromatic nitrogens is 3. The maximum atomic E-state index is 10.8. The molecule has 2 heterocycles. The van der Waals surface area contributed by atoms with Crippen molar-refractivity contribution in [2.45, 2.75) is 6.92 Å². The minimum absolute atomic E-state index is 0.0178. The number of aromatic carboxylic acids is 1. The fourth-order valence-electron chi connectivity index (χ4n) is 1.62. The molecule has 6 heteroatoms. The summed E-state index contributed by atoms with van der Waals surface area (Å²) in [4.78, 5) is 15.3. The molecule has 1 N–H and O–H groups in total. The van der Waals surface area contributed by atoms with Crippen LogP contribution < -0.4 is 0 Å². The van der Waals surface area contributed by atoms with Gasteiger partial charge in [0.05, 0.1) is 6.20 Å². The number of carboxylic acids is 1. The van der Waals surface area contributed by atoms with Crippen LogP contribution in [0.4, 0.5) is 0 Å². The third-order valence-corrected chi connectivity index (χ3v) is 3.53. The highest BCUT2D eigenvalue weighted by Crippen LogP contribution is 2.25. The molecule has 0 amide bonds. The van der Waals surface area contributed by atoms with Gasteiger partial charge in [0, 0.05) is 5.56 Å². The van der Waals surface area contributed by atoms with Gasteiger partial charge in [-0.3, -0.25) is 0 Å². The van der Waals surface area contributed by atoms with E-state index in [9.17, 15) is 4.79 Å². The summed E-state index contributed by atoms with van der Waals surface area (Å²) in [5.41, 5.74) is 2.21. The molecule has 18 heavy (non-hydrogen) atoms. The van der Waals surface area contributed by atoms with E-state index in [4.69, 9.17) is 5.11 Å². The second-order valence-electron chi connectivity index (χ2n) is 3.93. The number of nitrogens with zero attached hydrogens (tertiary/aromatic N) is 3. The van der Waals surface area contributed by atoms with Crippen molar-refractivity contribution in [3.8, 4) is 10.6 Å². The van der Waals surface area contributed by atoms with Gasteiger partial charge in [0.2, 0.25) is 4.96 Å². The summed E-state index contributed by atoms with van der Waals surface area (Å²) in [6.07, 6.45) is 1.42. The van der Waals surface area contributed by atoms with Gasteiger partial charge in [0.25, 0.3) is 0 Å². The van der Waals surface area contributed by atoms with Crippen molar-refractivity contribution in [2.24, 2.45) is 0 Å². The van der Waals surface area contributed by atoms with Gasteiger partial charge in [-0.25, -0.2) is 14.3 Å². The zero-order valence-corrected chi connectivity index (χ0v) is 10.3. The van der Waals surface area contributed by atoms with Gasteiger partial charge in [-0.1, -0.05) is 41.2 Å². The minimum Gasteiger partial charge on any atom is -0.476 e. The third-order valence-electron chi connectivity index (χ3n) is 2.56. The van der Waals surface area contributed by atoms with Gasteiger partial charge in [-0.15, -0.1) is 0 Å². The molecule has 3 rings (SSSR count). The first-order valence-corrected chi connectivity index (χ1v) is 6.12. The number of hydrogen-bond donors (Lipinski definition) is 1. The Hall–Kier alpha value is -2.21. The average Bonchev–Trinajstić information content (AvgIpc) is 2.87. The summed E-state index contributed by atoms with van der Waals surface area (Å²) in [7, 11) is 0. The summed E-state index contributed by atoms with van der Waals surface area (Å²) in [6, 6.07) is 8.02. The normalized spacial score (nSPS) is 10.9. The van der Waals surface area contributed by atoms with Gasteiger partial charge in [0.1, 0.15) is 5.01 Å². The van der Waals surface area contributed by atoms with E-state index in [0.29, 0.717) is 4.96 Å². The van der Waals surface area contributed by atoms with Gasteiger partial charge < -0.3 is 5.11 Å². The summed E-state index contributed by atoms with van der Waals surface area (Å²) >= 11 is 1.37. The molecule has 3 aromatic rings. The van der Waals surface area contributed by atoms with Crippen LogP contribution in [-0.4, -0.2) is 25.7 Å². The maximum absolute atomic E-state index is 10.8. The molecule has 0 aliphatic heterocycles. The van der Waals surface area contributed by atoms with Crippen LogP contribution >= 0.6 is 11.3 Å². The fourth-order valence-corrected chi connectivity index (χ4v) is 2.50. The van der Waals surface area contributed by atoms with E-state index in [1.807, 2.05) is 31.2 Å². The summed E-state index contributed by atoms with van der Waals surface area (Å²) in [5, 5.41) is 14.0. The van der Waals surface area contributed by atoms with Crippen LogP contribution in [-0.2, 0) is 0 Å². The first kappa shape index (κ1) is 10.9. The Morgan fingerprint density at radius 2 is 2.06 bits per heavy atom. The van der Waals surface area contributed by atoms with Gasteiger partial charge >= 0.3 is 5.97 Å². The summed E-state index contributed by atoms with van der Waals surface area (Å²) < 4.78 is 1.50. The smallest absolute Gasteiger partial charge is 0.356 e. The molecule has 0 bridgehead atoms. The number of aryl methyl sites for hydroxylation is 1. The highest BCUT2D eigenvalue weighted by molar-refractivity contribution is 7.19. The molecule has 90 valence electrons. The molecular weight excluding hydrogens is 250 g/mol. The standard InChI is InChI=1S/C12H9N3O2S/c1-7-2-4-8(5-3-7)10-14-15-6-9(11(16)17)13-12(15)18-10/h2-6H,1H3,(H,16,17). The van der Waals surface area contributed by atoms with Crippen molar-refractivity contribution in [3.05, 3.63) is 41.7 Å². The largest absolute Gasteiger partial charge is 0.476 e. The van der Waals surface area contributed by atoms with E-state index < -0.39 is 5.97 Å². The number of hydrogen-bond acceptors (Lipinski definition) is 4. The maximum Gasteiger partial charge on any atom is 0.356 e. The van der Waals surface area contributed by atoms with Crippen LogP contribution in [0.1, 0.15) is 16.1 Å². The lowest BCUT2D eigenvalue weighted by Crippen LogP contribution is -1.95. The third kappa shape index (κ3) is 1.76. The van der Waals surface area contributed by atoms with E-state index >= 15 is 0 Å². The molecule has 0 atom stereocenters. The van der Waals surface area contributed by atoms with E-state index in [1.165, 1.54) is 27.6 Å². The zero-order chi connectivity index (χ0) is 12.7. The number of benzene rings is 1. The van der Waals surface area contributed by atoms with Crippen LogP contribution in [0.15, 0.2) is 30.5 Å². The highest BCUT2D eigenvalue weighted by Gasteiger charge is 2.13. The lowest BCUT2D eigenvalue weighted by molar-refractivity contribution is 0.0691. The van der Waals surface area contributed by atoms with E-state index in [1.54, 1.807) is 0 Å². The predicted octanol–water partition coefficient (Wildman–Crippen LogP) is 2.46. The lowest BCUT2D eigenvalue weighted by atomic mass is 10.2. The summed E-state index contributed by atoms with van der Waals surface area (Å²) in [6.45, 7) is 2.03. The van der Waals surface area contributed by atoms with Crippen LogP contribution in [0.2, 0.25) is 0 Å². The molecule has 0 saturated carbocycles. The Labute approximate surface area is 106 Å². The van der Waals surface area contributed by atoms with Gasteiger partial charge in [-0.2, -0.15) is 5.10 Å². The number of rotatable bonds is 2. The molecule has 0 fully saturated rings. The van der Waals surface area contributed by atoms with Crippen LogP contribution in [0.25, 0.3) is 15.5 Å². The van der Waals surface area contributed by atoms with Crippen LogP contribution in [0.5, 0.6) is 0 Å². The second kappa shape index (κ2) is 3.92. The lowest BCUT2D eigenvalue weighted by Gasteiger charge is -1.95. The molecule has 0 radical (unpaired) electrons. The Balaban J connectivity index is 2.06. The number of carbonyl (C=O) groups is 1. The molecule has 2 aromatic heterocycles. The molecule has 0 aliphatic rings. The Morgan fingerprint density at radius 3 is 2.67 bits per heavy atom.